The van der Waals surface area contributed by atoms with Crippen molar-refractivity contribution in [1.82, 2.24) is 9.71 Å². The molecule has 11 heteroatoms. The minimum Gasteiger partial charge on any atom is -0.456 e. The molecule has 1 aromatic carbocycles. The molecule has 3 aromatic rings. The number of sulfonamides is 1. The normalized spacial score (nSPS) is 11.5. The number of anilines is 1. The van der Waals surface area contributed by atoms with E-state index in [4.69, 9.17) is 4.74 Å². The summed E-state index contributed by atoms with van der Waals surface area (Å²) in [5.74, 6) is -1.05. The molecule has 0 saturated heterocycles. The Kier molecular flexibility index (Phi) is 6.96. The Morgan fingerprint density at radius 3 is 2.69 bits per heavy atom. The van der Waals surface area contributed by atoms with Gasteiger partial charge >= 0.3 is 5.97 Å². The van der Waals surface area contributed by atoms with Gasteiger partial charge in [0.05, 0.1) is 16.6 Å². The van der Waals surface area contributed by atoms with Gasteiger partial charge in [0.1, 0.15) is 4.21 Å². The average Bonchev–Trinajstić information content (AvgIpc) is 3.37. The summed E-state index contributed by atoms with van der Waals surface area (Å²) >= 11 is 2.47. The van der Waals surface area contributed by atoms with Crippen molar-refractivity contribution >= 4 is 59.9 Å². The van der Waals surface area contributed by atoms with Gasteiger partial charge in [-0.05, 0) is 30.5 Å². The van der Waals surface area contributed by atoms with Crippen LogP contribution in [0.4, 0.5) is 5.13 Å². The third kappa shape index (κ3) is 5.38. The predicted octanol–water partition coefficient (Wildman–Crippen LogP) is 2.62. The molecule has 0 bridgehead atoms. The molecule has 8 nitrogen and oxygen atoms in total. The molecule has 0 aliphatic rings. The predicted molar refractivity (Wildman–Crippen MR) is 113 cm³/mol. The van der Waals surface area contributed by atoms with Crippen LogP contribution in [0.25, 0.3) is 10.2 Å². The lowest BCUT2D eigenvalue weighted by atomic mass is 10.3. The molecule has 1 N–H and O–H groups in total. The molecule has 0 atom stereocenters. The zero-order valence-corrected chi connectivity index (χ0v) is 18.0. The highest BCUT2D eigenvalue weighted by Gasteiger charge is 2.20. The standard InChI is InChI=1S/C18H19N3O5S3/c1-2-21(18-20-13-6-3-4-7-14(13)28-18)15(22)12-26-16(23)9-10-19-29(24,25)17-8-5-11-27-17/h3-8,11,19H,2,9-10,12H2,1H3. The minimum absolute atomic E-state index is 0.109. The van der Waals surface area contributed by atoms with Gasteiger partial charge in [0.25, 0.3) is 5.91 Å². The van der Waals surface area contributed by atoms with Crippen LogP contribution in [0.5, 0.6) is 0 Å². The number of para-hydroxylation sites is 1. The van der Waals surface area contributed by atoms with Crippen molar-refractivity contribution in [3.05, 3.63) is 41.8 Å². The number of nitrogens with zero attached hydrogens (tertiary/aromatic N) is 2. The van der Waals surface area contributed by atoms with Crippen LogP contribution < -0.4 is 9.62 Å². The summed E-state index contributed by atoms with van der Waals surface area (Å²) in [6.45, 7) is 1.66. The number of thiophene rings is 1. The average molecular weight is 454 g/mol. The van der Waals surface area contributed by atoms with Crippen LogP contribution in [-0.2, 0) is 24.3 Å². The van der Waals surface area contributed by atoms with Crippen molar-refractivity contribution in [3.8, 4) is 0 Å². The van der Waals surface area contributed by atoms with E-state index in [-0.39, 0.29) is 23.1 Å². The van der Waals surface area contributed by atoms with Gasteiger partial charge in [-0.2, -0.15) is 0 Å². The molecule has 154 valence electrons. The molecule has 0 spiro atoms. The van der Waals surface area contributed by atoms with Gasteiger partial charge in [0, 0.05) is 13.1 Å². The first-order valence-electron chi connectivity index (χ1n) is 8.75. The zero-order chi connectivity index (χ0) is 20.9. The number of ether oxygens (including phenoxy) is 1. The smallest absolute Gasteiger partial charge is 0.307 e. The number of amides is 1. The maximum absolute atomic E-state index is 12.4. The molecule has 1 amide bonds. The fourth-order valence-corrected chi connectivity index (χ4v) is 5.58. The van der Waals surface area contributed by atoms with Gasteiger partial charge < -0.3 is 4.74 Å². The molecular weight excluding hydrogens is 434 g/mol. The number of benzene rings is 1. The number of carbonyl (C=O) groups is 2. The largest absolute Gasteiger partial charge is 0.456 e. The number of carbonyl (C=O) groups excluding carboxylic acids is 2. The van der Waals surface area contributed by atoms with E-state index in [0.29, 0.717) is 11.7 Å². The number of rotatable bonds is 9. The van der Waals surface area contributed by atoms with E-state index in [0.717, 1.165) is 21.6 Å². The molecule has 0 aliphatic carbocycles. The maximum atomic E-state index is 12.4. The Morgan fingerprint density at radius 2 is 2.00 bits per heavy atom. The second kappa shape index (κ2) is 9.44. The minimum atomic E-state index is -3.63. The second-order valence-corrected chi connectivity index (χ2v) is 9.79. The van der Waals surface area contributed by atoms with Gasteiger partial charge in [-0.3, -0.25) is 14.5 Å². The fraction of sp³-hybridized carbons (Fsp3) is 0.278. The van der Waals surface area contributed by atoms with E-state index >= 15 is 0 Å². The van der Waals surface area contributed by atoms with E-state index < -0.39 is 22.6 Å². The van der Waals surface area contributed by atoms with Gasteiger partial charge in [0.2, 0.25) is 10.0 Å². The molecular formula is C18H19N3O5S3. The highest BCUT2D eigenvalue weighted by atomic mass is 32.2. The van der Waals surface area contributed by atoms with Crippen molar-refractivity contribution in [2.75, 3.05) is 24.6 Å². The van der Waals surface area contributed by atoms with Crippen LogP contribution in [0, 0.1) is 0 Å². The number of hydrogen-bond donors (Lipinski definition) is 1. The maximum Gasteiger partial charge on any atom is 0.307 e. The number of fused-ring (bicyclic) bond motifs is 1. The number of aromatic nitrogens is 1. The molecule has 0 fully saturated rings. The molecule has 2 aromatic heterocycles. The second-order valence-electron chi connectivity index (χ2n) is 5.84. The number of esters is 1. The van der Waals surface area contributed by atoms with Gasteiger partial charge in [-0.25, -0.2) is 18.1 Å². The van der Waals surface area contributed by atoms with Crippen molar-refractivity contribution in [1.29, 1.82) is 0 Å². The van der Waals surface area contributed by atoms with Gasteiger partial charge in [-0.15, -0.1) is 11.3 Å². The molecule has 0 saturated carbocycles. The van der Waals surface area contributed by atoms with Crippen molar-refractivity contribution in [3.63, 3.8) is 0 Å². The molecule has 29 heavy (non-hydrogen) atoms. The van der Waals surface area contributed by atoms with Gasteiger partial charge in [0.15, 0.2) is 11.7 Å². The monoisotopic (exact) mass is 453 g/mol. The highest BCUT2D eigenvalue weighted by molar-refractivity contribution is 7.91. The van der Waals surface area contributed by atoms with Crippen LogP contribution in [0.15, 0.2) is 46.0 Å². The van der Waals surface area contributed by atoms with E-state index in [1.807, 2.05) is 31.2 Å². The lowest BCUT2D eigenvalue weighted by Gasteiger charge is -2.17. The summed E-state index contributed by atoms with van der Waals surface area (Å²) in [4.78, 5) is 30.2. The number of hydrogen-bond acceptors (Lipinski definition) is 8. The Hall–Kier alpha value is -2.34. The van der Waals surface area contributed by atoms with E-state index in [9.17, 15) is 18.0 Å². The fourth-order valence-electron chi connectivity index (χ4n) is 2.46. The molecule has 0 aliphatic heterocycles. The summed E-state index contributed by atoms with van der Waals surface area (Å²) < 4.78 is 32.4. The molecule has 0 radical (unpaired) electrons. The van der Waals surface area contributed by atoms with Crippen LogP contribution >= 0.6 is 22.7 Å². The first-order valence-corrected chi connectivity index (χ1v) is 11.9. The SMILES string of the molecule is CCN(C(=O)COC(=O)CCNS(=O)(=O)c1cccs1)c1nc2ccccc2s1. The molecule has 2 heterocycles. The van der Waals surface area contributed by atoms with Crippen LogP contribution in [-0.4, -0.2) is 45.0 Å². The third-order valence-electron chi connectivity index (χ3n) is 3.87. The number of nitrogens with one attached hydrogen (secondary N) is 1. The summed E-state index contributed by atoms with van der Waals surface area (Å²) in [6.07, 6.45) is -0.175. The summed E-state index contributed by atoms with van der Waals surface area (Å²) in [6, 6.07) is 10.7. The quantitative estimate of drug-likeness (QED) is 0.499. The summed E-state index contributed by atoms with van der Waals surface area (Å²) in [5, 5.41) is 2.19. The zero-order valence-electron chi connectivity index (χ0n) is 15.5. The number of likely N-dealkylation sites (N-methyl/N-ethyl adjacent to an activating group) is 1. The van der Waals surface area contributed by atoms with Crippen molar-refractivity contribution in [2.24, 2.45) is 0 Å². The Labute approximate surface area is 176 Å². The molecule has 3 rings (SSSR count). The lowest BCUT2D eigenvalue weighted by molar-refractivity contribution is -0.147. The van der Waals surface area contributed by atoms with Crippen LogP contribution in [0.2, 0.25) is 0 Å². The first-order chi connectivity index (χ1) is 13.9. The van der Waals surface area contributed by atoms with Crippen molar-refractivity contribution < 1.29 is 22.7 Å². The number of thiazole rings is 1. The topological polar surface area (TPSA) is 106 Å². The van der Waals surface area contributed by atoms with E-state index in [2.05, 4.69) is 9.71 Å². The lowest BCUT2D eigenvalue weighted by Crippen LogP contribution is -2.35. The highest BCUT2D eigenvalue weighted by Crippen LogP contribution is 2.28. The Morgan fingerprint density at radius 1 is 1.21 bits per heavy atom. The van der Waals surface area contributed by atoms with E-state index in [1.54, 1.807) is 11.4 Å². The third-order valence-corrected chi connectivity index (χ3v) is 7.79. The van der Waals surface area contributed by atoms with Crippen molar-refractivity contribution in [2.45, 2.75) is 17.6 Å². The summed E-state index contributed by atoms with van der Waals surface area (Å²) in [5.41, 5.74) is 0.800. The first kappa shape index (κ1) is 21.4. The summed E-state index contributed by atoms with van der Waals surface area (Å²) in [7, 11) is -3.63. The Bertz CT molecular complexity index is 1060. The van der Waals surface area contributed by atoms with Crippen LogP contribution in [0.3, 0.4) is 0 Å². The molecule has 0 unspecified atom stereocenters. The van der Waals surface area contributed by atoms with Crippen LogP contribution in [0.1, 0.15) is 13.3 Å². The van der Waals surface area contributed by atoms with Gasteiger partial charge in [-0.1, -0.05) is 29.5 Å². The van der Waals surface area contributed by atoms with E-state index in [1.165, 1.54) is 22.3 Å². The Balaban J connectivity index is 1.49.